The van der Waals surface area contributed by atoms with Crippen molar-refractivity contribution < 1.29 is 4.74 Å². The summed E-state index contributed by atoms with van der Waals surface area (Å²) in [5.41, 5.74) is 8.39. The molecule has 5 heteroatoms. The van der Waals surface area contributed by atoms with Gasteiger partial charge in [0, 0.05) is 25.3 Å². The summed E-state index contributed by atoms with van der Waals surface area (Å²) in [6.45, 7) is 0.521. The molecule has 0 aliphatic carbocycles. The molecule has 21 heavy (non-hydrogen) atoms. The van der Waals surface area contributed by atoms with Gasteiger partial charge in [0.25, 0.3) is 0 Å². The summed E-state index contributed by atoms with van der Waals surface area (Å²) in [5.74, 6) is 0.836. The normalized spacial score (nSPS) is 9.62. The third-order valence-corrected chi connectivity index (χ3v) is 3.02. The molecule has 0 aliphatic heterocycles. The first-order chi connectivity index (χ1) is 9.56. The molecule has 0 bridgehead atoms. The molecule has 0 heterocycles. The number of anilines is 1. The largest absolute Gasteiger partial charge is 0.489 e. The van der Waals surface area contributed by atoms with Crippen LogP contribution in [0.2, 0.25) is 0 Å². The van der Waals surface area contributed by atoms with Gasteiger partial charge in [0.2, 0.25) is 0 Å². The van der Waals surface area contributed by atoms with Crippen LogP contribution in [0, 0.1) is 5.41 Å². The van der Waals surface area contributed by atoms with E-state index in [2.05, 4.69) is 29.2 Å². The molecule has 112 valence electrons. The minimum atomic E-state index is 0. The maximum atomic E-state index is 7.33. The van der Waals surface area contributed by atoms with Gasteiger partial charge in [-0.2, -0.15) is 0 Å². The zero-order chi connectivity index (χ0) is 14.5. The number of rotatable bonds is 5. The highest BCUT2D eigenvalue weighted by atomic mass is 35.5. The molecule has 0 saturated carbocycles. The Labute approximate surface area is 131 Å². The van der Waals surface area contributed by atoms with Crippen molar-refractivity contribution >= 4 is 23.9 Å². The van der Waals surface area contributed by atoms with Crippen LogP contribution in [-0.4, -0.2) is 19.9 Å². The molecule has 0 atom stereocenters. The first kappa shape index (κ1) is 16.9. The molecule has 0 unspecified atom stereocenters. The van der Waals surface area contributed by atoms with Crippen LogP contribution in [0.5, 0.6) is 5.75 Å². The summed E-state index contributed by atoms with van der Waals surface area (Å²) in [6, 6.07) is 15.5. The van der Waals surface area contributed by atoms with Gasteiger partial charge < -0.3 is 15.4 Å². The Balaban J connectivity index is 0.00000220. The maximum absolute atomic E-state index is 7.33. The van der Waals surface area contributed by atoms with E-state index in [1.54, 1.807) is 12.1 Å². The Morgan fingerprint density at radius 1 is 1.05 bits per heavy atom. The van der Waals surface area contributed by atoms with Crippen LogP contribution in [0.25, 0.3) is 0 Å². The smallest absolute Gasteiger partial charge is 0.122 e. The van der Waals surface area contributed by atoms with Gasteiger partial charge in [-0.3, -0.25) is 5.41 Å². The molecule has 2 aromatic rings. The van der Waals surface area contributed by atoms with E-state index in [0.29, 0.717) is 12.2 Å². The Morgan fingerprint density at radius 2 is 1.62 bits per heavy atom. The number of nitrogen functional groups attached to an aromatic ring is 1. The molecule has 0 saturated heterocycles. The number of ether oxygens (including phenoxy) is 1. The van der Waals surface area contributed by atoms with Gasteiger partial charge in [-0.25, -0.2) is 0 Å². The summed E-state index contributed by atoms with van der Waals surface area (Å²) in [4.78, 5) is 2.06. The molecule has 2 aromatic carbocycles. The van der Waals surface area contributed by atoms with Gasteiger partial charge in [-0.05, 0) is 42.0 Å². The Morgan fingerprint density at radius 3 is 2.10 bits per heavy atom. The van der Waals surface area contributed by atoms with Gasteiger partial charge in [0.1, 0.15) is 18.2 Å². The number of hydrogen-bond donors (Lipinski definition) is 2. The summed E-state index contributed by atoms with van der Waals surface area (Å²) < 4.78 is 5.70. The van der Waals surface area contributed by atoms with Crippen molar-refractivity contribution in [2.24, 2.45) is 5.73 Å². The molecule has 4 nitrogen and oxygen atoms in total. The molecule has 0 aliphatic rings. The maximum Gasteiger partial charge on any atom is 0.122 e. The van der Waals surface area contributed by atoms with E-state index in [4.69, 9.17) is 15.9 Å². The van der Waals surface area contributed by atoms with Crippen LogP contribution in [0.4, 0.5) is 5.69 Å². The van der Waals surface area contributed by atoms with E-state index in [1.807, 2.05) is 26.2 Å². The highest BCUT2D eigenvalue weighted by molar-refractivity contribution is 5.94. The minimum absolute atomic E-state index is 0. The first-order valence-corrected chi connectivity index (χ1v) is 6.40. The highest BCUT2D eigenvalue weighted by Gasteiger charge is 2.00. The number of hydrogen-bond acceptors (Lipinski definition) is 3. The lowest BCUT2D eigenvalue weighted by atomic mass is 10.2. The molecular weight excluding hydrogens is 286 g/mol. The lowest BCUT2D eigenvalue weighted by Crippen LogP contribution is -2.10. The van der Waals surface area contributed by atoms with Crippen molar-refractivity contribution in [2.45, 2.75) is 6.61 Å². The van der Waals surface area contributed by atoms with E-state index < -0.39 is 0 Å². The molecule has 0 spiro atoms. The number of benzene rings is 2. The van der Waals surface area contributed by atoms with Crippen molar-refractivity contribution in [3.63, 3.8) is 0 Å². The molecule has 0 radical (unpaired) electrons. The fourth-order valence-corrected chi connectivity index (χ4v) is 1.79. The standard InChI is InChI=1S/C16H19N3O.ClH/c1-19(2)14-7-3-12(4-8-14)11-20-15-9-5-13(6-10-15)16(17)18;/h3-10H,11H2,1-2H3,(H3,17,18);1H. The van der Waals surface area contributed by atoms with Gasteiger partial charge in [0.15, 0.2) is 0 Å². The Hall–Kier alpha value is -2.20. The van der Waals surface area contributed by atoms with Crippen LogP contribution in [0.1, 0.15) is 11.1 Å². The van der Waals surface area contributed by atoms with E-state index in [9.17, 15) is 0 Å². The molecule has 3 N–H and O–H groups in total. The minimum Gasteiger partial charge on any atom is -0.489 e. The second-order valence-electron chi connectivity index (χ2n) is 4.79. The number of amidine groups is 1. The van der Waals surface area contributed by atoms with Gasteiger partial charge in [-0.1, -0.05) is 12.1 Å². The zero-order valence-electron chi connectivity index (χ0n) is 12.2. The number of halogens is 1. The molecule has 0 fully saturated rings. The number of nitrogens with one attached hydrogen (secondary N) is 1. The molecular formula is C16H20ClN3O. The SMILES string of the molecule is CN(C)c1ccc(COc2ccc(C(=N)N)cc2)cc1.Cl. The summed E-state index contributed by atoms with van der Waals surface area (Å²) in [7, 11) is 4.03. The third kappa shape index (κ3) is 4.68. The summed E-state index contributed by atoms with van der Waals surface area (Å²) in [6.07, 6.45) is 0. The van der Waals surface area contributed by atoms with Gasteiger partial charge >= 0.3 is 0 Å². The Kier molecular flexibility index (Phi) is 6.06. The van der Waals surface area contributed by atoms with Crippen LogP contribution in [0.3, 0.4) is 0 Å². The predicted octanol–water partition coefficient (Wildman–Crippen LogP) is 3.04. The van der Waals surface area contributed by atoms with Crippen LogP contribution in [-0.2, 0) is 6.61 Å². The van der Waals surface area contributed by atoms with E-state index in [1.165, 1.54) is 5.69 Å². The topological polar surface area (TPSA) is 62.3 Å². The summed E-state index contributed by atoms with van der Waals surface area (Å²) in [5, 5.41) is 7.33. The van der Waals surface area contributed by atoms with Gasteiger partial charge in [0.05, 0.1) is 0 Å². The average Bonchev–Trinajstić information content (AvgIpc) is 2.46. The monoisotopic (exact) mass is 305 g/mol. The lowest BCUT2D eigenvalue weighted by Gasteiger charge is -2.13. The van der Waals surface area contributed by atoms with Crippen LogP contribution < -0.4 is 15.4 Å². The second-order valence-corrected chi connectivity index (χ2v) is 4.79. The van der Waals surface area contributed by atoms with E-state index in [0.717, 1.165) is 11.3 Å². The number of nitrogens with two attached hydrogens (primary N) is 1. The molecule has 0 amide bonds. The van der Waals surface area contributed by atoms with Crippen molar-refractivity contribution in [1.29, 1.82) is 5.41 Å². The van der Waals surface area contributed by atoms with Crippen molar-refractivity contribution in [3.8, 4) is 5.75 Å². The second kappa shape index (κ2) is 7.55. The highest BCUT2D eigenvalue weighted by Crippen LogP contribution is 2.16. The Bertz CT molecular complexity index is 579. The zero-order valence-corrected chi connectivity index (χ0v) is 13.0. The quantitative estimate of drug-likeness (QED) is 0.659. The lowest BCUT2D eigenvalue weighted by molar-refractivity contribution is 0.306. The van der Waals surface area contributed by atoms with Crippen LogP contribution >= 0.6 is 12.4 Å². The molecule has 2 rings (SSSR count). The third-order valence-electron chi connectivity index (χ3n) is 3.02. The van der Waals surface area contributed by atoms with Crippen molar-refractivity contribution in [2.75, 3.05) is 19.0 Å². The van der Waals surface area contributed by atoms with E-state index in [-0.39, 0.29) is 18.2 Å². The molecule has 0 aromatic heterocycles. The predicted molar refractivity (Wildman–Crippen MR) is 89.8 cm³/mol. The fraction of sp³-hybridized carbons (Fsp3) is 0.188. The van der Waals surface area contributed by atoms with Gasteiger partial charge in [-0.15, -0.1) is 12.4 Å². The van der Waals surface area contributed by atoms with Crippen LogP contribution in [0.15, 0.2) is 48.5 Å². The summed E-state index contributed by atoms with van der Waals surface area (Å²) >= 11 is 0. The van der Waals surface area contributed by atoms with Crippen molar-refractivity contribution in [3.05, 3.63) is 59.7 Å². The van der Waals surface area contributed by atoms with Crippen molar-refractivity contribution in [1.82, 2.24) is 0 Å². The van der Waals surface area contributed by atoms with E-state index >= 15 is 0 Å². The first-order valence-electron chi connectivity index (χ1n) is 6.40. The fourth-order valence-electron chi connectivity index (χ4n) is 1.79. The average molecular weight is 306 g/mol. The number of nitrogens with zero attached hydrogens (tertiary/aromatic N) is 1.